The third kappa shape index (κ3) is 4.87. The number of alkyl halides is 3. The molecule has 3 N–H and O–H groups in total. The molecule has 30 heavy (non-hydrogen) atoms. The molecule has 0 saturated carbocycles. The molecule has 3 amide bonds. The molecular formula is C17H12ClF5N4O3. The predicted molar refractivity (Wildman–Crippen MR) is 92.6 cm³/mol. The number of rotatable bonds is 5. The highest BCUT2D eigenvalue weighted by Crippen LogP contribution is 2.31. The zero-order valence-electron chi connectivity index (χ0n) is 14.7. The van der Waals surface area contributed by atoms with E-state index < -0.39 is 52.9 Å². The van der Waals surface area contributed by atoms with Gasteiger partial charge in [-0.25, -0.2) is 18.6 Å². The largest absolute Gasteiger partial charge is 0.574 e. The van der Waals surface area contributed by atoms with Crippen LogP contribution in [-0.2, 0) is 4.79 Å². The summed E-state index contributed by atoms with van der Waals surface area (Å²) in [5, 5.41) is 6.32. The van der Waals surface area contributed by atoms with Gasteiger partial charge in [-0.1, -0.05) is 17.7 Å². The highest BCUT2D eigenvalue weighted by Gasteiger charge is 2.33. The molecule has 0 aliphatic carbocycles. The number of hydrogen-bond acceptors (Lipinski definition) is 4. The fourth-order valence-electron chi connectivity index (χ4n) is 2.70. The second-order valence-corrected chi connectivity index (χ2v) is 6.47. The first-order valence-electron chi connectivity index (χ1n) is 8.25. The minimum atomic E-state index is -4.97. The molecule has 0 radical (unpaired) electrons. The zero-order chi connectivity index (χ0) is 22.1. The molecule has 13 heteroatoms. The lowest BCUT2D eigenvalue weighted by molar-refractivity contribution is -0.276. The average Bonchev–Trinajstić information content (AvgIpc) is 3.11. The minimum absolute atomic E-state index is 0.0410. The lowest BCUT2D eigenvalue weighted by Gasteiger charge is -2.22. The van der Waals surface area contributed by atoms with Crippen LogP contribution in [0.1, 0.15) is 17.2 Å². The Labute approximate surface area is 170 Å². The number of halogens is 6. The minimum Gasteiger partial charge on any atom is -0.388 e. The summed E-state index contributed by atoms with van der Waals surface area (Å²) in [6, 6.07) is 0.990. The molecule has 0 spiro atoms. The van der Waals surface area contributed by atoms with E-state index in [1.165, 1.54) is 0 Å². The van der Waals surface area contributed by atoms with Gasteiger partial charge in [0.25, 0.3) is 0 Å². The van der Waals surface area contributed by atoms with Crippen molar-refractivity contribution in [1.29, 1.82) is 0 Å². The van der Waals surface area contributed by atoms with Crippen LogP contribution < -0.4 is 20.7 Å². The van der Waals surface area contributed by atoms with Crippen LogP contribution in [0.15, 0.2) is 30.5 Å². The molecule has 2 aromatic rings. The normalized spacial score (nSPS) is 17.1. The molecule has 7 nitrogen and oxygen atoms in total. The molecule has 0 unspecified atom stereocenters. The number of carbonyl (C=O) groups is 2. The van der Waals surface area contributed by atoms with Crippen LogP contribution in [0.25, 0.3) is 0 Å². The van der Waals surface area contributed by atoms with Crippen molar-refractivity contribution in [2.45, 2.75) is 18.4 Å². The van der Waals surface area contributed by atoms with Crippen LogP contribution in [-0.4, -0.2) is 35.9 Å². The highest BCUT2D eigenvalue weighted by atomic mass is 35.5. The van der Waals surface area contributed by atoms with Crippen molar-refractivity contribution >= 4 is 23.5 Å². The summed E-state index contributed by atoms with van der Waals surface area (Å²) in [6.07, 6.45) is -4.04. The van der Waals surface area contributed by atoms with Crippen LogP contribution in [0, 0.1) is 11.6 Å². The lowest BCUT2D eigenvalue weighted by Crippen LogP contribution is -2.44. The number of nitrogens with zero attached hydrogens (tertiary/aromatic N) is 1. The monoisotopic (exact) mass is 450 g/mol. The number of urea groups is 1. The van der Waals surface area contributed by atoms with Crippen LogP contribution >= 0.6 is 11.6 Å². The molecule has 1 saturated heterocycles. The van der Waals surface area contributed by atoms with E-state index in [0.29, 0.717) is 0 Å². The molecule has 2 atom stereocenters. The standard InChI is InChI=1S/C17H12ClF5N4O3/c18-12-9(19)3-2-8(13(12)20)14(27-15(28)10-6-25-16(29)26-10)7-1-4-11(24-5-7)30-17(21,22)23/h1-5,10,14H,6H2,(H,27,28)(H2,25,26,29)/t10-,14-/m1/s1. The Morgan fingerprint density at radius 1 is 1.27 bits per heavy atom. The van der Waals surface area contributed by atoms with E-state index in [1.54, 1.807) is 0 Å². The average molecular weight is 451 g/mol. The SMILES string of the molecule is O=C1NC[C@H](C(=O)N[C@H](c2ccc(OC(F)(F)F)nc2)c2ccc(F)c(Cl)c2F)N1. The Bertz CT molecular complexity index is 971. The summed E-state index contributed by atoms with van der Waals surface area (Å²) in [6.45, 7) is -0.0410. The van der Waals surface area contributed by atoms with Gasteiger partial charge in [0.05, 0.1) is 6.04 Å². The van der Waals surface area contributed by atoms with Gasteiger partial charge >= 0.3 is 12.4 Å². The third-order valence-corrected chi connectivity index (χ3v) is 4.41. The van der Waals surface area contributed by atoms with E-state index in [0.717, 1.165) is 30.5 Å². The Morgan fingerprint density at radius 3 is 2.57 bits per heavy atom. The summed E-state index contributed by atoms with van der Waals surface area (Å²) in [5.74, 6) is -3.72. The van der Waals surface area contributed by atoms with E-state index in [2.05, 4.69) is 25.7 Å². The summed E-state index contributed by atoms with van der Waals surface area (Å²) < 4.78 is 68.8. The number of nitrogens with one attached hydrogen (secondary N) is 3. The van der Waals surface area contributed by atoms with Gasteiger partial charge in [-0.3, -0.25) is 4.79 Å². The molecular weight excluding hydrogens is 439 g/mol. The topological polar surface area (TPSA) is 92.4 Å². The molecule has 3 rings (SSSR count). The quantitative estimate of drug-likeness (QED) is 0.482. The molecule has 1 aromatic carbocycles. The molecule has 160 valence electrons. The van der Waals surface area contributed by atoms with E-state index in [1.807, 2.05) is 0 Å². The number of benzene rings is 1. The maximum absolute atomic E-state index is 14.6. The Kier molecular flexibility index (Phi) is 5.97. The van der Waals surface area contributed by atoms with Gasteiger partial charge < -0.3 is 20.7 Å². The smallest absolute Gasteiger partial charge is 0.388 e. The maximum atomic E-state index is 14.6. The molecule has 0 bridgehead atoms. The second-order valence-electron chi connectivity index (χ2n) is 6.09. The molecule has 1 fully saturated rings. The summed E-state index contributed by atoms with van der Waals surface area (Å²) in [5.41, 5.74) is -0.213. The second kappa shape index (κ2) is 8.30. The Morgan fingerprint density at radius 2 is 2.00 bits per heavy atom. The van der Waals surface area contributed by atoms with Crippen molar-refractivity contribution in [3.63, 3.8) is 0 Å². The fourth-order valence-corrected chi connectivity index (χ4v) is 2.87. The number of ether oxygens (including phenoxy) is 1. The van der Waals surface area contributed by atoms with E-state index in [4.69, 9.17) is 11.6 Å². The van der Waals surface area contributed by atoms with E-state index in [9.17, 15) is 31.5 Å². The van der Waals surface area contributed by atoms with Crippen LogP contribution in [0.5, 0.6) is 5.88 Å². The Balaban J connectivity index is 1.94. The van der Waals surface area contributed by atoms with Crippen LogP contribution in [0.3, 0.4) is 0 Å². The molecule has 1 aromatic heterocycles. The molecule has 1 aliphatic heterocycles. The third-order valence-electron chi connectivity index (χ3n) is 4.06. The number of aromatic nitrogens is 1. The van der Waals surface area contributed by atoms with Gasteiger partial charge in [-0.2, -0.15) is 0 Å². The van der Waals surface area contributed by atoms with Gasteiger partial charge in [0.1, 0.15) is 22.7 Å². The van der Waals surface area contributed by atoms with Gasteiger partial charge in [0.15, 0.2) is 0 Å². The first kappa shape index (κ1) is 21.6. The van der Waals surface area contributed by atoms with E-state index in [-0.39, 0.29) is 17.7 Å². The predicted octanol–water partition coefficient (Wildman–Crippen LogP) is 2.80. The first-order chi connectivity index (χ1) is 14.0. The van der Waals surface area contributed by atoms with Crippen molar-refractivity contribution in [3.05, 3.63) is 58.2 Å². The van der Waals surface area contributed by atoms with Crippen molar-refractivity contribution in [1.82, 2.24) is 20.9 Å². The summed E-state index contributed by atoms with van der Waals surface area (Å²) in [4.78, 5) is 27.2. The van der Waals surface area contributed by atoms with Crippen molar-refractivity contribution in [2.24, 2.45) is 0 Å². The number of hydrogen-bond donors (Lipinski definition) is 3. The van der Waals surface area contributed by atoms with Crippen LogP contribution in [0.4, 0.5) is 26.7 Å². The zero-order valence-corrected chi connectivity index (χ0v) is 15.4. The highest BCUT2D eigenvalue weighted by molar-refractivity contribution is 6.31. The van der Waals surface area contributed by atoms with Crippen molar-refractivity contribution < 1.29 is 36.3 Å². The van der Waals surface area contributed by atoms with Crippen molar-refractivity contribution in [2.75, 3.05) is 6.54 Å². The van der Waals surface area contributed by atoms with Crippen LogP contribution in [0.2, 0.25) is 5.02 Å². The van der Waals surface area contributed by atoms with Crippen molar-refractivity contribution in [3.8, 4) is 5.88 Å². The van der Waals surface area contributed by atoms with Gasteiger partial charge in [0.2, 0.25) is 11.8 Å². The van der Waals surface area contributed by atoms with E-state index >= 15 is 0 Å². The summed E-state index contributed by atoms with van der Waals surface area (Å²) >= 11 is 5.60. The van der Waals surface area contributed by atoms with Gasteiger partial charge in [-0.05, 0) is 17.7 Å². The number of carbonyl (C=O) groups excluding carboxylic acids is 2. The number of amides is 3. The first-order valence-corrected chi connectivity index (χ1v) is 8.63. The van der Waals surface area contributed by atoms with Gasteiger partial charge in [0, 0.05) is 24.4 Å². The molecule has 2 heterocycles. The Hall–Kier alpha value is -3.15. The lowest BCUT2D eigenvalue weighted by atomic mass is 9.99. The molecule has 1 aliphatic rings. The fraction of sp³-hybridized carbons (Fsp3) is 0.235. The van der Waals surface area contributed by atoms with Gasteiger partial charge in [-0.15, -0.1) is 13.2 Å². The summed E-state index contributed by atoms with van der Waals surface area (Å²) in [7, 11) is 0. The number of pyridine rings is 1. The maximum Gasteiger partial charge on any atom is 0.574 e.